The zero-order valence-corrected chi connectivity index (χ0v) is 15.8. The Morgan fingerprint density at radius 2 is 1.96 bits per heavy atom. The van der Waals surface area contributed by atoms with Crippen molar-refractivity contribution in [2.75, 3.05) is 18.2 Å². The number of thioether (sulfide) groups is 1. The number of rotatable bonds is 8. The molecule has 9 heteroatoms. The Balaban J connectivity index is 1.45. The van der Waals surface area contributed by atoms with Crippen molar-refractivity contribution in [1.29, 1.82) is 0 Å². The first-order chi connectivity index (χ1) is 13.5. The molecule has 0 spiro atoms. The molecular formula is C19H17F2N3O3S. The highest BCUT2D eigenvalue weighted by Crippen LogP contribution is 2.24. The second-order valence-electron chi connectivity index (χ2n) is 5.71. The number of carbonyl (C=O) groups is 1. The molecule has 0 aliphatic heterocycles. The van der Waals surface area contributed by atoms with Crippen LogP contribution in [0, 0.1) is 11.6 Å². The van der Waals surface area contributed by atoms with E-state index in [4.69, 9.17) is 9.15 Å². The largest absolute Gasteiger partial charge is 0.497 e. The summed E-state index contributed by atoms with van der Waals surface area (Å²) in [5.41, 5.74) is -0.0368. The second-order valence-corrected chi connectivity index (χ2v) is 6.88. The lowest BCUT2D eigenvalue weighted by Crippen LogP contribution is -2.11. The van der Waals surface area contributed by atoms with Gasteiger partial charge < -0.3 is 9.15 Å². The molecule has 1 aromatic heterocycles. The van der Waals surface area contributed by atoms with Gasteiger partial charge in [-0.05, 0) is 48.6 Å². The first kappa shape index (κ1) is 19.8. The van der Waals surface area contributed by atoms with Crippen LogP contribution < -0.4 is 10.1 Å². The van der Waals surface area contributed by atoms with Crippen molar-refractivity contribution in [3.05, 3.63) is 54.1 Å². The number of hydrogen-bond donors (Lipinski definition) is 1. The third-order valence-electron chi connectivity index (χ3n) is 3.71. The van der Waals surface area contributed by atoms with Gasteiger partial charge in [-0.2, -0.15) is 0 Å². The van der Waals surface area contributed by atoms with Crippen LogP contribution >= 0.6 is 11.8 Å². The highest BCUT2D eigenvalue weighted by molar-refractivity contribution is 7.99. The zero-order chi connectivity index (χ0) is 19.9. The van der Waals surface area contributed by atoms with Gasteiger partial charge in [0.1, 0.15) is 17.4 Å². The van der Waals surface area contributed by atoms with Gasteiger partial charge in [-0.15, -0.1) is 16.9 Å². The Morgan fingerprint density at radius 1 is 1.18 bits per heavy atom. The third-order valence-corrected chi connectivity index (χ3v) is 4.81. The van der Waals surface area contributed by atoms with Crippen molar-refractivity contribution < 1.29 is 22.7 Å². The molecule has 0 fully saturated rings. The van der Waals surface area contributed by atoms with Gasteiger partial charge in [-0.25, -0.2) is 8.78 Å². The number of nitrogens with zero attached hydrogens (tertiary/aromatic N) is 2. The van der Waals surface area contributed by atoms with Crippen LogP contribution in [-0.2, 0) is 4.79 Å². The fourth-order valence-electron chi connectivity index (χ4n) is 2.32. The van der Waals surface area contributed by atoms with Crippen molar-refractivity contribution in [2.45, 2.75) is 17.7 Å². The number of nitrogens with one attached hydrogen (secondary N) is 1. The predicted molar refractivity (Wildman–Crippen MR) is 101 cm³/mol. The number of aromatic nitrogens is 2. The Bertz CT molecular complexity index is 948. The van der Waals surface area contributed by atoms with Crippen molar-refractivity contribution in [3.63, 3.8) is 0 Å². The van der Waals surface area contributed by atoms with Gasteiger partial charge in [-0.1, -0.05) is 5.10 Å². The maximum absolute atomic E-state index is 13.7. The summed E-state index contributed by atoms with van der Waals surface area (Å²) in [6.07, 6.45) is 0.919. The van der Waals surface area contributed by atoms with Gasteiger partial charge in [0.25, 0.3) is 5.89 Å². The van der Waals surface area contributed by atoms with E-state index in [1.54, 1.807) is 18.9 Å². The number of ether oxygens (including phenoxy) is 1. The molecule has 0 saturated carbocycles. The van der Waals surface area contributed by atoms with Crippen LogP contribution in [0.5, 0.6) is 5.75 Å². The summed E-state index contributed by atoms with van der Waals surface area (Å²) in [5.74, 6) is -0.398. The van der Waals surface area contributed by atoms with Gasteiger partial charge in [-0.3, -0.25) is 10.1 Å². The van der Waals surface area contributed by atoms with E-state index in [9.17, 15) is 13.6 Å². The Morgan fingerprint density at radius 3 is 2.68 bits per heavy atom. The average Bonchev–Trinajstić information content (AvgIpc) is 3.13. The number of anilines is 1. The first-order valence-electron chi connectivity index (χ1n) is 8.41. The number of amides is 1. The smallest absolute Gasteiger partial charge is 0.322 e. The summed E-state index contributed by atoms with van der Waals surface area (Å²) in [6.45, 7) is 0. The molecule has 0 bridgehead atoms. The van der Waals surface area contributed by atoms with Crippen LogP contribution in [0.4, 0.5) is 14.8 Å². The molecule has 146 valence electrons. The lowest BCUT2D eigenvalue weighted by Gasteiger charge is -2.03. The summed E-state index contributed by atoms with van der Waals surface area (Å²) >= 11 is 1.63. The average molecular weight is 405 g/mol. The lowest BCUT2D eigenvalue weighted by molar-refractivity contribution is -0.116. The molecule has 3 rings (SSSR count). The summed E-state index contributed by atoms with van der Waals surface area (Å²) in [4.78, 5) is 13.1. The summed E-state index contributed by atoms with van der Waals surface area (Å²) in [7, 11) is 1.61. The molecule has 1 amide bonds. The Hall–Kier alpha value is -2.94. The minimum atomic E-state index is -0.822. The quantitative estimate of drug-likeness (QED) is 0.438. The SMILES string of the molecule is COc1ccc(SCCCC(=O)Nc2nnc(-c3ccc(F)cc3F)o2)cc1. The summed E-state index contributed by atoms with van der Waals surface area (Å²) in [6, 6.07) is 10.5. The Kier molecular flexibility index (Phi) is 6.59. The monoisotopic (exact) mass is 405 g/mol. The molecular weight excluding hydrogens is 388 g/mol. The number of hydrogen-bond acceptors (Lipinski definition) is 6. The fourth-order valence-corrected chi connectivity index (χ4v) is 3.17. The molecule has 28 heavy (non-hydrogen) atoms. The predicted octanol–water partition coefficient (Wildman–Crippen LogP) is 4.53. The minimum Gasteiger partial charge on any atom is -0.497 e. The molecule has 0 aliphatic rings. The normalized spacial score (nSPS) is 10.7. The molecule has 0 atom stereocenters. The zero-order valence-electron chi connectivity index (χ0n) is 14.9. The van der Waals surface area contributed by atoms with Crippen molar-refractivity contribution in [1.82, 2.24) is 10.2 Å². The number of benzene rings is 2. The van der Waals surface area contributed by atoms with Crippen LogP contribution in [0.15, 0.2) is 51.8 Å². The number of carbonyl (C=O) groups excluding carboxylic acids is 1. The highest BCUT2D eigenvalue weighted by atomic mass is 32.2. The molecule has 3 aromatic rings. The van der Waals surface area contributed by atoms with E-state index in [1.807, 2.05) is 24.3 Å². The van der Waals surface area contributed by atoms with E-state index in [-0.39, 0.29) is 29.8 Å². The van der Waals surface area contributed by atoms with Crippen LogP contribution in [-0.4, -0.2) is 29.0 Å². The molecule has 0 unspecified atom stereocenters. The van der Waals surface area contributed by atoms with Gasteiger partial charge in [0.2, 0.25) is 5.91 Å². The van der Waals surface area contributed by atoms with Crippen molar-refractivity contribution in [3.8, 4) is 17.2 Å². The molecule has 0 radical (unpaired) electrons. The lowest BCUT2D eigenvalue weighted by atomic mass is 10.2. The maximum atomic E-state index is 13.7. The van der Waals surface area contributed by atoms with Crippen LogP contribution in [0.1, 0.15) is 12.8 Å². The molecule has 1 N–H and O–H groups in total. The second kappa shape index (κ2) is 9.32. The van der Waals surface area contributed by atoms with Gasteiger partial charge in [0.05, 0.1) is 12.7 Å². The number of methoxy groups -OCH3 is 1. The van der Waals surface area contributed by atoms with E-state index in [0.29, 0.717) is 6.42 Å². The molecule has 6 nitrogen and oxygen atoms in total. The molecule has 2 aromatic carbocycles. The minimum absolute atomic E-state index is 0.0368. The van der Waals surface area contributed by atoms with E-state index in [1.165, 1.54) is 6.07 Å². The Labute approximate surface area is 164 Å². The van der Waals surface area contributed by atoms with Crippen LogP contribution in [0.25, 0.3) is 11.5 Å². The molecule has 0 saturated heterocycles. The summed E-state index contributed by atoms with van der Waals surface area (Å²) in [5, 5.41) is 9.81. The van der Waals surface area contributed by atoms with E-state index < -0.39 is 11.6 Å². The topological polar surface area (TPSA) is 77.2 Å². The van der Waals surface area contributed by atoms with E-state index in [0.717, 1.165) is 28.5 Å². The fraction of sp³-hybridized carbons (Fsp3) is 0.211. The van der Waals surface area contributed by atoms with Crippen LogP contribution in [0.2, 0.25) is 0 Å². The number of halogens is 2. The standard InChI is InChI=1S/C19H17F2N3O3S/c1-26-13-5-7-14(8-6-13)28-10-2-3-17(25)22-19-24-23-18(27-19)15-9-4-12(20)11-16(15)21/h4-9,11H,2-3,10H2,1H3,(H,22,24,25). The maximum Gasteiger partial charge on any atom is 0.322 e. The van der Waals surface area contributed by atoms with Crippen molar-refractivity contribution in [2.24, 2.45) is 0 Å². The summed E-state index contributed by atoms with van der Waals surface area (Å²) < 4.78 is 37.0. The van der Waals surface area contributed by atoms with Crippen LogP contribution in [0.3, 0.4) is 0 Å². The molecule has 0 aliphatic carbocycles. The van der Waals surface area contributed by atoms with Gasteiger partial charge in [0, 0.05) is 17.4 Å². The van der Waals surface area contributed by atoms with Crippen molar-refractivity contribution >= 4 is 23.7 Å². The third kappa shape index (κ3) is 5.29. The molecule has 1 heterocycles. The highest BCUT2D eigenvalue weighted by Gasteiger charge is 2.15. The van der Waals surface area contributed by atoms with Gasteiger partial charge >= 0.3 is 6.01 Å². The first-order valence-corrected chi connectivity index (χ1v) is 9.39. The van der Waals surface area contributed by atoms with E-state index >= 15 is 0 Å². The van der Waals surface area contributed by atoms with Gasteiger partial charge in [0.15, 0.2) is 0 Å². The van der Waals surface area contributed by atoms with E-state index in [2.05, 4.69) is 15.5 Å².